The zero-order chi connectivity index (χ0) is 16.1. The number of nitrogens with one attached hydrogen (secondary N) is 2. The molecule has 5 nitrogen and oxygen atoms in total. The molecule has 0 saturated carbocycles. The van der Waals surface area contributed by atoms with Gasteiger partial charge in [-0.1, -0.05) is 13.8 Å². The smallest absolute Gasteiger partial charge is 0.279 e. The second-order valence-corrected chi connectivity index (χ2v) is 6.40. The first kappa shape index (κ1) is 16.6. The number of quaternary nitrogens is 1. The highest BCUT2D eigenvalue weighted by molar-refractivity contribution is 5.93. The van der Waals surface area contributed by atoms with Crippen LogP contribution < -0.4 is 19.7 Å². The van der Waals surface area contributed by atoms with Crippen molar-refractivity contribution in [2.45, 2.75) is 20.3 Å². The van der Waals surface area contributed by atoms with Crippen molar-refractivity contribution in [3.05, 3.63) is 18.2 Å². The van der Waals surface area contributed by atoms with Crippen LogP contribution in [-0.4, -0.2) is 39.8 Å². The molecule has 2 N–H and O–H groups in total. The molecule has 0 aliphatic carbocycles. The van der Waals surface area contributed by atoms with E-state index in [0.29, 0.717) is 35.6 Å². The first-order valence-corrected chi connectivity index (χ1v) is 7.87. The molecule has 2 rings (SSSR count). The number of likely N-dealkylation sites (tertiary alicyclic amines) is 1. The number of hydrogen-bond donors (Lipinski definition) is 2. The number of carbonyl (C=O) groups is 1. The van der Waals surface area contributed by atoms with Gasteiger partial charge in [0.1, 0.15) is 11.5 Å². The number of methoxy groups -OCH3 is 2. The number of benzene rings is 1. The van der Waals surface area contributed by atoms with Gasteiger partial charge >= 0.3 is 0 Å². The van der Waals surface area contributed by atoms with Crippen molar-refractivity contribution in [3.63, 3.8) is 0 Å². The second-order valence-electron chi connectivity index (χ2n) is 6.40. The maximum Gasteiger partial charge on any atom is 0.279 e. The third-order valence-electron chi connectivity index (χ3n) is 4.17. The molecular formula is C17H27N2O3+. The number of ether oxygens (including phenoxy) is 2. The molecule has 2 atom stereocenters. The summed E-state index contributed by atoms with van der Waals surface area (Å²) in [5.74, 6) is 2.71. The van der Waals surface area contributed by atoms with Gasteiger partial charge in [0.15, 0.2) is 6.54 Å². The minimum Gasteiger partial charge on any atom is -0.497 e. The molecule has 1 fully saturated rings. The first-order valence-electron chi connectivity index (χ1n) is 7.87. The van der Waals surface area contributed by atoms with Gasteiger partial charge < -0.3 is 19.7 Å². The van der Waals surface area contributed by atoms with Crippen molar-refractivity contribution >= 4 is 11.6 Å². The number of hydrogen-bond acceptors (Lipinski definition) is 3. The predicted octanol–water partition coefficient (Wildman–Crippen LogP) is 1.20. The summed E-state index contributed by atoms with van der Waals surface area (Å²) in [6, 6.07) is 5.40. The molecule has 5 heteroatoms. The maximum atomic E-state index is 12.3. The highest BCUT2D eigenvalue weighted by atomic mass is 16.5. The minimum absolute atomic E-state index is 0.0165. The fraction of sp³-hybridized carbons (Fsp3) is 0.588. The Hall–Kier alpha value is -1.75. The van der Waals surface area contributed by atoms with Crippen LogP contribution in [0.5, 0.6) is 11.5 Å². The van der Waals surface area contributed by atoms with Gasteiger partial charge in [-0.25, -0.2) is 0 Å². The largest absolute Gasteiger partial charge is 0.497 e. The summed E-state index contributed by atoms with van der Waals surface area (Å²) in [5, 5.41) is 2.95. The van der Waals surface area contributed by atoms with Gasteiger partial charge in [0.2, 0.25) is 0 Å². The first-order chi connectivity index (χ1) is 10.5. The van der Waals surface area contributed by atoms with Crippen LogP contribution in [0.15, 0.2) is 18.2 Å². The molecule has 0 radical (unpaired) electrons. The monoisotopic (exact) mass is 307 g/mol. The lowest BCUT2D eigenvalue weighted by Crippen LogP contribution is -3.15. The fourth-order valence-electron chi connectivity index (χ4n) is 3.40. The van der Waals surface area contributed by atoms with Gasteiger partial charge in [0.05, 0.1) is 33.0 Å². The van der Waals surface area contributed by atoms with Crippen molar-refractivity contribution in [2.24, 2.45) is 11.8 Å². The summed E-state index contributed by atoms with van der Waals surface area (Å²) >= 11 is 0. The number of amides is 1. The van der Waals surface area contributed by atoms with E-state index in [4.69, 9.17) is 9.47 Å². The topological polar surface area (TPSA) is 52.0 Å². The molecule has 0 spiro atoms. The lowest BCUT2D eigenvalue weighted by atomic mass is 9.92. The fourth-order valence-corrected chi connectivity index (χ4v) is 3.40. The van der Waals surface area contributed by atoms with E-state index in [0.717, 1.165) is 13.1 Å². The van der Waals surface area contributed by atoms with Gasteiger partial charge in [0.25, 0.3) is 5.91 Å². The normalized spacial score (nSPS) is 24.6. The second kappa shape index (κ2) is 7.49. The van der Waals surface area contributed by atoms with E-state index in [1.807, 2.05) is 6.07 Å². The quantitative estimate of drug-likeness (QED) is 0.859. The SMILES string of the molecule is COc1ccc(OC)c(NC(=O)C[NH+]2C[C@@H](C)C[C@H](C)C2)c1. The molecule has 0 bridgehead atoms. The molecule has 1 amide bonds. The third kappa shape index (κ3) is 4.37. The molecule has 1 aliphatic rings. The molecule has 1 aromatic carbocycles. The lowest BCUT2D eigenvalue weighted by molar-refractivity contribution is -0.904. The Bertz CT molecular complexity index is 509. The predicted molar refractivity (Wildman–Crippen MR) is 86.7 cm³/mol. The molecule has 1 saturated heterocycles. The van der Waals surface area contributed by atoms with Crippen LogP contribution in [0.1, 0.15) is 20.3 Å². The van der Waals surface area contributed by atoms with Crippen LogP contribution in [-0.2, 0) is 4.79 Å². The summed E-state index contributed by atoms with van der Waals surface area (Å²) in [6.45, 7) is 7.15. The maximum absolute atomic E-state index is 12.3. The Balaban J connectivity index is 1.99. The van der Waals surface area contributed by atoms with Gasteiger partial charge in [-0.3, -0.25) is 4.79 Å². The molecule has 1 aromatic rings. The molecule has 1 heterocycles. The Morgan fingerprint density at radius 1 is 1.23 bits per heavy atom. The Morgan fingerprint density at radius 3 is 2.50 bits per heavy atom. The van der Waals surface area contributed by atoms with E-state index in [9.17, 15) is 4.79 Å². The average molecular weight is 307 g/mol. The van der Waals surface area contributed by atoms with Crippen LogP contribution in [0.2, 0.25) is 0 Å². The van der Waals surface area contributed by atoms with Crippen LogP contribution in [0.25, 0.3) is 0 Å². The number of carbonyl (C=O) groups excluding carboxylic acids is 1. The summed E-state index contributed by atoms with van der Waals surface area (Å²) < 4.78 is 10.5. The van der Waals surface area contributed by atoms with Crippen molar-refractivity contribution in [3.8, 4) is 11.5 Å². The summed E-state index contributed by atoms with van der Waals surface area (Å²) in [6.07, 6.45) is 1.26. The standard InChI is InChI=1S/C17H26N2O3/c1-12-7-13(2)10-19(9-12)11-17(20)18-15-8-14(21-3)5-6-16(15)22-4/h5-6,8,12-13H,7,9-11H2,1-4H3,(H,18,20)/p+1/t12-,13-/m0/s1. The highest BCUT2D eigenvalue weighted by Gasteiger charge is 2.26. The van der Waals surface area contributed by atoms with Crippen molar-refractivity contribution < 1.29 is 19.2 Å². The summed E-state index contributed by atoms with van der Waals surface area (Å²) in [4.78, 5) is 13.7. The Kier molecular flexibility index (Phi) is 5.66. The van der Waals surface area contributed by atoms with Crippen molar-refractivity contribution in [1.29, 1.82) is 0 Å². The number of piperidine rings is 1. The van der Waals surface area contributed by atoms with E-state index < -0.39 is 0 Å². The van der Waals surface area contributed by atoms with E-state index in [1.54, 1.807) is 26.4 Å². The molecule has 1 aliphatic heterocycles. The lowest BCUT2D eigenvalue weighted by Gasteiger charge is -2.31. The minimum atomic E-state index is 0.0165. The number of rotatable bonds is 5. The van der Waals surface area contributed by atoms with Crippen molar-refractivity contribution in [2.75, 3.05) is 39.2 Å². The molecule has 0 aromatic heterocycles. The van der Waals surface area contributed by atoms with E-state index in [1.165, 1.54) is 11.3 Å². The van der Waals surface area contributed by atoms with E-state index in [-0.39, 0.29) is 5.91 Å². The summed E-state index contributed by atoms with van der Waals surface area (Å²) in [7, 11) is 3.20. The molecular weight excluding hydrogens is 280 g/mol. The van der Waals surface area contributed by atoms with Crippen LogP contribution in [0.4, 0.5) is 5.69 Å². The molecule has 122 valence electrons. The highest BCUT2D eigenvalue weighted by Crippen LogP contribution is 2.28. The van der Waals surface area contributed by atoms with Gasteiger partial charge in [-0.2, -0.15) is 0 Å². The van der Waals surface area contributed by atoms with E-state index in [2.05, 4.69) is 19.2 Å². The zero-order valence-electron chi connectivity index (χ0n) is 13.9. The number of anilines is 1. The zero-order valence-corrected chi connectivity index (χ0v) is 13.9. The third-order valence-corrected chi connectivity index (χ3v) is 4.17. The average Bonchev–Trinajstić information content (AvgIpc) is 2.45. The Morgan fingerprint density at radius 2 is 1.91 bits per heavy atom. The van der Waals surface area contributed by atoms with Gasteiger partial charge in [-0.05, 0) is 18.6 Å². The van der Waals surface area contributed by atoms with Crippen molar-refractivity contribution in [1.82, 2.24) is 0 Å². The van der Waals surface area contributed by atoms with E-state index >= 15 is 0 Å². The van der Waals surface area contributed by atoms with Crippen LogP contribution in [0.3, 0.4) is 0 Å². The molecule has 0 unspecified atom stereocenters. The van der Waals surface area contributed by atoms with Gasteiger partial charge in [-0.15, -0.1) is 0 Å². The Labute approximate surface area is 132 Å². The molecule has 22 heavy (non-hydrogen) atoms. The van der Waals surface area contributed by atoms with Gasteiger partial charge in [0, 0.05) is 17.9 Å². The van der Waals surface area contributed by atoms with Crippen LogP contribution in [0, 0.1) is 11.8 Å². The van der Waals surface area contributed by atoms with Crippen LogP contribution >= 0.6 is 0 Å². The summed E-state index contributed by atoms with van der Waals surface area (Å²) in [5.41, 5.74) is 0.657.